The van der Waals surface area contributed by atoms with Crippen molar-refractivity contribution in [2.24, 2.45) is 0 Å². The molecule has 0 amide bonds. The van der Waals surface area contributed by atoms with E-state index in [4.69, 9.17) is 24.9 Å². The summed E-state index contributed by atoms with van der Waals surface area (Å²) in [7, 11) is 0. The van der Waals surface area contributed by atoms with E-state index in [0.717, 1.165) is 83.3 Å². The van der Waals surface area contributed by atoms with Crippen LogP contribution in [0.3, 0.4) is 0 Å². The van der Waals surface area contributed by atoms with E-state index < -0.39 is 0 Å². The van der Waals surface area contributed by atoms with Gasteiger partial charge in [-0.2, -0.15) is 9.97 Å². The van der Waals surface area contributed by atoms with Gasteiger partial charge in [0.1, 0.15) is 5.82 Å². The van der Waals surface area contributed by atoms with Crippen molar-refractivity contribution in [1.82, 2.24) is 34.1 Å². The van der Waals surface area contributed by atoms with Crippen LogP contribution in [-0.2, 0) is 0 Å². The van der Waals surface area contributed by atoms with Crippen LogP contribution >= 0.6 is 0 Å². The highest BCUT2D eigenvalue weighted by Crippen LogP contribution is 2.37. The highest BCUT2D eigenvalue weighted by Gasteiger charge is 2.22. The summed E-state index contributed by atoms with van der Waals surface area (Å²) in [6, 6.07) is 64.5. The highest BCUT2D eigenvalue weighted by atomic mass is 15.2. The lowest BCUT2D eigenvalue weighted by atomic mass is 10.0. The summed E-state index contributed by atoms with van der Waals surface area (Å²) in [4.78, 5) is 25.9. The Labute approximate surface area is 334 Å². The number of fused-ring (bicyclic) bond motifs is 5. The Balaban J connectivity index is 1.16. The second-order valence-electron chi connectivity index (χ2n) is 14.2. The van der Waals surface area contributed by atoms with Crippen LogP contribution in [0.15, 0.2) is 200 Å². The molecule has 7 nitrogen and oxygen atoms in total. The average Bonchev–Trinajstić information content (AvgIpc) is 3.90. The third-order valence-corrected chi connectivity index (χ3v) is 10.7. The second kappa shape index (κ2) is 13.9. The van der Waals surface area contributed by atoms with E-state index in [1.807, 2.05) is 48.8 Å². The van der Waals surface area contributed by atoms with Crippen LogP contribution in [0.25, 0.3) is 101 Å². The molecule has 0 radical (unpaired) electrons. The summed E-state index contributed by atoms with van der Waals surface area (Å²) in [5, 5.41) is 2.09. The second-order valence-corrected chi connectivity index (χ2v) is 14.2. The fraction of sp³-hybridized carbons (Fsp3) is 0. The molecule has 5 aromatic heterocycles. The number of benzene rings is 6. The van der Waals surface area contributed by atoms with Crippen LogP contribution in [-0.4, -0.2) is 34.1 Å². The molecule has 0 N–H and O–H groups in total. The Bertz CT molecular complexity index is 3180. The number of aromatic nitrogens is 7. The first-order chi connectivity index (χ1) is 28.7. The molecule has 11 aromatic rings. The highest BCUT2D eigenvalue weighted by molar-refractivity contribution is 6.16. The molecule has 0 bridgehead atoms. The molecule has 58 heavy (non-hydrogen) atoms. The first kappa shape index (κ1) is 33.3. The van der Waals surface area contributed by atoms with Gasteiger partial charge in [-0.25, -0.2) is 9.97 Å². The summed E-state index contributed by atoms with van der Waals surface area (Å²) in [5.41, 5.74) is 11.8. The zero-order valence-electron chi connectivity index (χ0n) is 31.2. The molecule has 0 aliphatic rings. The van der Waals surface area contributed by atoms with E-state index in [0.29, 0.717) is 17.6 Å². The van der Waals surface area contributed by atoms with Gasteiger partial charge in [0.25, 0.3) is 0 Å². The third kappa shape index (κ3) is 5.81. The number of rotatable bonds is 7. The molecule has 0 spiro atoms. The lowest BCUT2D eigenvalue weighted by Crippen LogP contribution is -2.07. The van der Waals surface area contributed by atoms with E-state index in [9.17, 15) is 0 Å². The van der Waals surface area contributed by atoms with Gasteiger partial charge in [-0.05, 0) is 58.7 Å². The minimum absolute atomic E-state index is 0.488. The summed E-state index contributed by atoms with van der Waals surface area (Å²) in [6.07, 6.45) is 3.98. The first-order valence-electron chi connectivity index (χ1n) is 19.3. The zero-order valence-corrected chi connectivity index (χ0v) is 31.2. The summed E-state index contributed by atoms with van der Waals surface area (Å²) in [6.45, 7) is 0. The summed E-state index contributed by atoms with van der Waals surface area (Å²) < 4.78 is 4.30. The topological polar surface area (TPSA) is 74.3 Å². The van der Waals surface area contributed by atoms with Gasteiger partial charge >= 0.3 is 0 Å². The van der Waals surface area contributed by atoms with Crippen LogP contribution < -0.4 is 0 Å². The molecule has 11 rings (SSSR count). The maximum absolute atomic E-state index is 5.25. The molecule has 7 heteroatoms. The largest absolute Gasteiger partial charge is 0.291 e. The normalized spacial score (nSPS) is 11.4. The van der Waals surface area contributed by atoms with Gasteiger partial charge in [0.15, 0.2) is 11.6 Å². The van der Waals surface area contributed by atoms with Gasteiger partial charge in [0.2, 0.25) is 5.95 Å². The van der Waals surface area contributed by atoms with Crippen LogP contribution in [0.1, 0.15) is 0 Å². The molecule has 0 unspecified atom stereocenters. The van der Waals surface area contributed by atoms with Crippen LogP contribution in [0.2, 0.25) is 0 Å². The minimum atomic E-state index is 0.488. The van der Waals surface area contributed by atoms with Crippen molar-refractivity contribution in [1.29, 1.82) is 0 Å². The molecule has 0 fully saturated rings. The fourth-order valence-electron chi connectivity index (χ4n) is 7.91. The van der Waals surface area contributed by atoms with Crippen LogP contribution in [0.5, 0.6) is 0 Å². The molecule has 0 saturated heterocycles. The Hall–Kier alpha value is -8.03. The molecule has 0 aliphatic heterocycles. The molecule has 0 atom stereocenters. The average molecular weight is 744 g/mol. The van der Waals surface area contributed by atoms with Gasteiger partial charge < -0.3 is 0 Å². The van der Waals surface area contributed by atoms with Crippen LogP contribution in [0, 0.1) is 0 Å². The monoisotopic (exact) mass is 743 g/mol. The third-order valence-electron chi connectivity index (χ3n) is 10.7. The van der Waals surface area contributed by atoms with Crippen molar-refractivity contribution in [3.63, 3.8) is 0 Å². The number of pyridine rings is 2. The van der Waals surface area contributed by atoms with Crippen molar-refractivity contribution in [2.45, 2.75) is 0 Å². The lowest BCUT2D eigenvalue weighted by molar-refractivity contribution is 0.932. The molecular weight excluding hydrogens is 711 g/mol. The standard InChI is InChI=1S/C51H33N7/c1-4-15-34(16-5-1)37-21-12-23-39(31-37)49-54-50(40-24-13-22-38(32-40)35-17-6-2-7-18-35)56-51(55-49)57-30-29-44-48(57)47-42(33-52-44)41-25-10-11-27-45(41)58(47)46-28-14-26-43(53-46)36-19-8-3-9-20-36/h1-33H. The molecular formula is C51H33N7. The zero-order chi connectivity index (χ0) is 38.4. The predicted octanol–water partition coefficient (Wildman–Crippen LogP) is 12.0. The SMILES string of the molecule is c1ccc(-c2cccc(-c3nc(-c4cccc(-c5ccccc5)c4)nc(-n4ccc5ncc6c7ccccc7n(-c7cccc(-c8ccccc8)n7)c6c54)n3)c2)cc1. The Morgan fingerprint density at radius 2 is 0.931 bits per heavy atom. The quantitative estimate of drug-likeness (QED) is 0.162. The molecule has 0 saturated carbocycles. The fourth-order valence-corrected chi connectivity index (χ4v) is 7.91. The van der Waals surface area contributed by atoms with Crippen molar-refractivity contribution in [2.75, 3.05) is 0 Å². The van der Waals surface area contributed by atoms with Crippen molar-refractivity contribution < 1.29 is 0 Å². The number of hydrogen-bond donors (Lipinski definition) is 0. The van der Waals surface area contributed by atoms with E-state index in [1.165, 1.54) is 0 Å². The van der Waals surface area contributed by atoms with E-state index in [-0.39, 0.29) is 0 Å². The van der Waals surface area contributed by atoms with Gasteiger partial charge in [-0.15, -0.1) is 0 Å². The predicted molar refractivity (Wildman–Crippen MR) is 234 cm³/mol. The first-order valence-corrected chi connectivity index (χ1v) is 19.3. The van der Waals surface area contributed by atoms with Gasteiger partial charge in [-0.3, -0.25) is 14.1 Å². The summed E-state index contributed by atoms with van der Waals surface area (Å²) in [5.74, 6) is 2.44. The van der Waals surface area contributed by atoms with E-state index in [1.54, 1.807) is 0 Å². The van der Waals surface area contributed by atoms with E-state index in [2.05, 4.69) is 161 Å². The Kier molecular flexibility index (Phi) is 8.00. The Morgan fingerprint density at radius 1 is 0.379 bits per heavy atom. The van der Waals surface area contributed by atoms with Crippen molar-refractivity contribution in [3.05, 3.63) is 200 Å². The van der Waals surface area contributed by atoms with E-state index >= 15 is 0 Å². The van der Waals surface area contributed by atoms with Crippen molar-refractivity contribution in [3.8, 4) is 68.1 Å². The Morgan fingerprint density at radius 3 is 1.59 bits per heavy atom. The lowest BCUT2D eigenvalue weighted by Gasteiger charge is -2.13. The molecule has 6 aromatic carbocycles. The number of para-hydroxylation sites is 1. The minimum Gasteiger partial charge on any atom is -0.291 e. The van der Waals surface area contributed by atoms with Crippen LogP contribution in [0.4, 0.5) is 0 Å². The van der Waals surface area contributed by atoms with Crippen molar-refractivity contribution >= 4 is 32.8 Å². The maximum Gasteiger partial charge on any atom is 0.238 e. The summed E-state index contributed by atoms with van der Waals surface area (Å²) >= 11 is 0. The molecule has 5 heterocycles. The number of hydrogen-bond acceptors (Lipinski definition) is 5. The maximum atomic E-state index is 5.25. The molecule has 272 valence electrons. The molecule has 0 aliphatic carbocycles. The van der Waals surface area contributed by atoms with Gasteiger partial charge in [0.05, 0.1) is 27.8 Å². The van der Waals surface area contributed by atoms with Gasteiger partial charge in [-0.1, -0.05) is 152 Å². The number of nitrogens with zero attached hydrogens (tertiary/aromatic N) is 7. The van der Waals surface area contributed by atoms with Gasteiger partial charge in [0, 0.05) is 39.9 Å². The smallest absolute Gasteiger partial charge is 0.238 e.